The molecular weight excluding hydrogens is 276 g/mol. The molecule has 0 spiro atoms. The Kier molecular flexibility index (Phi) is 5.02. The van der Waals surface area contributed by atoms with E-state index in [9.17, 15) is 4.79 Å². The summed E-state index contributed by atoms with van der Waals surface area (Å²) in [5, 5.41) is 9.48. The summed E-state index contributed by atoms with van der Waals surface area (Å²) in [4.78, 5) is 15.7. The Morgan fingerprint density at radius 2 is 2.20 bits per heavy atom. The summed E-state index contributed by atoms with van der Waals surface area (Å²) in [7, 11) is 2.17. The molecule has 1 atom stereocenters. The van der Waals surface area contributed by atoms with Gasteiger partial charge in [-0.3, -0.25) is 4.90 Å². The lowest BCUT2D eigenvalue weighted by molar-refractivity contribution is 0.0696. The average Bonchev–Trinajstić information content (AvgIpc) is 2.42. The molecule has 5 heteroatoms. The molecule has 1 N–H and O–H groups in total. The van der Waals surface area contributed by atoms with E-state index in [0.29, 0.717) is 11.1 Å². The fourth-order valence-corrected chi connectivity index (χ4v) is 2.88. The lowest BCUT2D eigenvalue weighted by Crippen LogP contribution is -2.50. The van der Waals surface area contributed by atoms with Crippen molar-refractivity contribution in [1.29, 1.82) is 0 Å². The van der Waals surface area contributed by atoms with Gasteiger partial charge in [0.05, 0.1) is 5.56 Å². The summed E-state index contributed by atoms with van der Waals surface area (Å²) in [6.07, 6.45) is 1.14. The summed E-state index contributed by atoms with van der Waals surface area (Å²) < 4.78 is 0. The predicted octanol–water partition coefficient (Wildman–Crippen LogP) is 2.56. The second kappa shape index (κ2) is 6.57. The predicted molar refractivity (Wildman–Crippen MR) is 80.4 cm³/mol. The molecular formula is C15H21ClN2O2. The molecule has 0 aliphatic carbocycles. The monoisotopic (exact) mass is 296 g/mol. The van der Waals surface area contributed by atoms with Crippen molar-refractivity contribution in [2.45, 2.75) is 25.9 Å². The second-order valence-corrected chi connectivity index (χ2v) is 5.80. The molecule has 1 unspecified atom stereocenters. The highest BCUT2D eigenvalue weighted by Crippen LogP contribution is 2.21. The smallest absolute Gasteiger partial charge is 0.335 e. The van der Waals surface area contributed by atoms with Gasteiger partial charge in [-0.25, -0.2) is 4.79 Å². The van der Waals surface area contributed by atoms with E-state index in [0.717, 1.165) is 38.2 Å². The Labute approximate surface area is 124 Å². The van der Waals surface area contributed by atoms with E-state index in [-0.39, 0.29) is 5.56 Å². The van der Waals surface area contributed by atoms with E-state index in [4.69, 9.17) is 16.7 Å². The highest BCUT2D eigenvalue weighted by molar-refractivity contribution is 6.31. The van der Waals surface area contributed by atoms with Crippen LogP contribution in [0.1, 0.15) is 29.3 Å². The van der Waals surface area contributed by atoms with Gasteiger partial charge in [-0.15, -0.1) is 0 Å². The quantitative estimate of drug-likeness (QED) is 0.927. The number of aromatic carboxylic acids is 1. The Morgan fingerprint density at radius 1 is 1.45 bits per heavy atom. The van der Waals surface area contributed by atoms with Crippen LogP contribution in [0.2, 0.25) is 5.02 Å². The van der Waals surface area contributed by atoms with Crippen molar-refractivity contribution >= 4 is 17.6 Å². The Balaban J connectivity index is 2.05. The molecule has 20 heavy (non-hydrogen) atoms. The van der Waals surface area contributed by atoms with Crippen LogP contribution in [0.25, 0.3) is 0 Å². The largest absolute Gasteiger partial charge is 0.478 e. The number of carboxylic acid groups (broad SMARTS) is 1. The first-order valence-electron chi connectivity index (χ1n) is 6.95. The molecule has 4 nitrogen and oxygen atoms in total. The summed E-state index contributed by atoms with van der Waals surface area (Å²) in [5.74, 6) is -0.941. The van der Waals surface area contributed by atoms with Gasteiger partial charge in [0.15, 0.2) is 0 Å². The molecule has 1 heterocycles. The zero-order valence-electron chi connectivity index (χ0n) is 12.0. The fraction of sp³-hybridized carbons (Fsp3) is 0.533. The molecule has 1 aromatic carbocycles. The maximum Gasteiger partial charge on any atom is 0.335 e. The van der Waals surface area contributed by atoms with Gasteiger partial charge >= 0.3 is 5.97 Å². The Hall–Kier alpha value is -1.10. The topological polar surface area (TPSA) is 43.8 Å². The maximum absolute atomic E-state index is 10.9. The van der Waals surface area contributed by atoms with E-state index in [1.54, 1.807) is 6.07 Å². The van der Waals surface area contributed by atoms with Crippen LogP contribution < -0.4 is 0 Å². The van der Waals surface area contributed by atoms with Gasteiger partial charge in [0, 0.05) is 37.2 Å². The van der Waals surface area contributed by atoms with Crippen LogP contribution in [-0.4, -0.2) is 53.6 Å². The number of carboxylic acids is 1. The molecule has 0 bridgehead atoms. The molecule has 0 aromatic heterocycles. The third-order valence-electron chi connectivity index (χ3n) is 4.03. The maximum atomic E-state index is 10.9. The van der Waals surface area contributed by atoms with E-state index < -0.39 is 5.97 Å². The number of carbonyl (C=O) groups is 1. The van der Waals surface area contributed by atoms with E-state index in [1.807, 2.05) is 6.07 Å². The molecule has 2 rings (SSSR count). The van der Waals surface area contributed by atoms with Gasteiger partial charge in [0.25, 0.3) is 0 Å². The minimum Gasteiger partial charge on any atom is -0.478 e. The van der Waals surface area contributed by atoms with E-state index in [2.05, 4.69) is 23.8 Å². The van der Waals surface area contributed by atoms with E-state index in [1.165, 1.54) is 6.07 Å². The standard InChI is InChI=1S/C15H21ClN2O2/c1-3-13-10-18(7-6-17(13)2)9-12-5-4-11(15(19)20)8-14(12)16/h4-5,8,13H,3,6-7,9-10H2,1-2H3,(H,19,20). The molecule has 1 aliphatic heterocycles. The number of rotatable bonds is 4. The molecule has 1 fully saturated rings. The van der Waals surface area contributed by atoms with Crippen LogP contribution in [0.15, 0.2) is 18.2 Å². The molecule has 0 saturated carbocycles. The van der Waals surface area contributed by atoms with Crippen molar-refractivity contribution in [3.63, 3.8) is 0 Å². The average molecular weight is 297 g/mol. The molecule has 0 radical (unpaired) electrons. The number of likely N-dealkylation sites (N-methyl/N-ethyl adjacent to an activating group) is 1. The Bertz CT molecular complexity index is 493. The third-order valence-corrected chi connectivity index (χ3v) is 4.38. The van der Waals surface area contributed by atoms with E-state index >= 15 is 0 Å². The SMILES string of the molecule is CCC1CN(Cc2ccc(C(=O)O)cc2Cl)CCN1C. The van der Waals surface area contributed by atoms with Crippen molar-refractivity contribution in [1.82, 2.24) is 9.80 Å². The molecule has 1 aliphatic rings. The van der Waals surface area contributed by atoms with Crippen molar-refractivity contribution in [2.75, 3.05) is 26.7 Å². The number of hydrogen-bond acceptors (Lipinski definition) is 3. The fourth-order valence-electron chi connectivity index (χ4n) is 2.64. The molecule has 110 valence electrons. The van der Waals surface area contributed by atoms with Crippen LogP contribution >= 0.6 is 11.6 Å². The van der Waals surface area contributed by atoms with Crippen LogP contribution in [0, 0.1) is 0 Å². The van der Waals surface area contributed by atoms with Crippen LogP contribution in [0.5, 0.6) is 0 Å². The number of nitrogens with zero attached hydrogens (tertiary/aromatic N) is 2. The van der Waals surface area contributed by atoms with Crippen LogP contribution in [-0.2, 0) is 6.54 Å². The second-order valence-electron chi connectivity index (χ2n) is 5.39. The Morgan fingerprint density at radius 3 is 2.80 bits per heavy atom. The number of piperazine rings is 1. The third kappa shape index (κ3) is 3.51. The molecule has 0 amide bonds. The normalized spacial score (nSPS) is 21.1. The zero-order chi connectivity index (χ0) is 14.7. The van der Waals surface area contributed by atoms with Crippen LogP contribution in [0.3, 0.4) is 0 Å². The number of benzene rings is 1. The van der Waals surface area contributed by atoms with Crippen molar-refractivity contribution in [3.8, 4) is 0 Å². The van der Waals surface area contributed by atoms with Crippen molar-refractivity contribution in [3.05, 3.63) is 34.3 Å². The summed E-state index contributed by atoms with van der Waals surface area (Å²) in [6, 6.07) is 5.56. The number of hydrogen-bond donors (Lipinski definition) is 1. The molecule has 1 saturated heterocycles. The van der Waals surface area contributed by atoms with Gasteiger partial charge in [0.2, 0.25) is 0 Å². The lowest BCUT2D eigenvalue weighted by atomic mass is 10.1. The van der Waals surface area contributed by atoms with Gasteiger partial charge in [0.1, 0.15) is 0 Å². The van der Waals surface area contributed by atoms with Crippen LogP contribution in [0.4, 0.5) is 0 Å². The van der Waals surface area contributed by atoms with Gasteiger partial charge in [-0.2, -0.15) is 0 Å². The summed E-state index contributed by atoms with van der Waals surface area (Å²) >= 11 is 6.19. The first kappa shape index (κ1) is 15.3. The minimum absolute atomic E-state index is 0.239. The van der Waals surface area contributed by atoms with Gasteiger partial charge in [-0.05, 0) is 31.2 Å². The first-order valence-corrected chi connectivity index (χ1v) is 7.33. The van der Waals surface area contributed by atoms with Gasteiger partial charge in [-0.1, -0.05) is 24.6 Å². The zero-order valence-corrected chi connectivity index (χ0v) is 12.7. The first-order chi connectivity index (χ1) is 9.51. The van der Waals surface area contributed by atoms with Crippen molar-refractivity contribution < 1.29 is 9.90 Å². The van der Waals surface area contributed by atoms with Gasteiger partial charge < -0.3 is 10.0 Å². The van der Waals surface area contributed by atoms with Crippen molar-refractivity contribution in [2.24, 2.45) is 0 Å². The lowest BCUT2D eigenvalue weighted by Gasteiger charge is -2.39. The molecule has 1 aromatic rings. The minimum atomic E-state index is -0.941. The highest BCUT2D eigenvalue weighted by atomic mass is 35.5. The summed E-state index contributed by atoms with van der Waals surface area (Å²) in [5.41, 5.74) is 1.24. The highest BCUT2D eigenvalue weighted by Gasteiger charge is 2.23. The summed E-state index contributed by atoms with van der Waals surface area (Å²) in [6.45, 7) is 6.10. The number of halogens is 1.